The summed E-state index contributed by atoms with van der Waals surface area (Å²) in [6.07, 6.45) is 4.04. The van der Waals surface area contributed by atoms with Crippen LogP contribution in [0.15, 0.2) is 24.3 Å². The Morgan fingerprint density at radius 3 is 2.68 bits per heavy atom. The Balaban J connectivity index is 2.58. The van der Waals surface area contributed by atoms with Gasteiger partial charge in [-0.1, -0.05) is 38.8 Å². The molecule has 0 aliphatic heterocycles. The molecule has 0 aliphatic rings. The van der Waals surface area contributed by atoms with Crippen molar-refractivity contribution < 1.29 is 9.84 Å². The molecule has 0 bridgehead atoms. The molecule has 2 unspecified atom stereocenters. The van der Waals surface area contributed by atoms with Crippen LogP contribution in [0.25, 0.3) is 0 Å². The third kappa shape index (κ3) is 5.21. The Morgan fingerprint density at radius 1 is 1.26 bits per heavy atom. The molecule has 0 amide bonds. The molecule has 0 spiro atoms. The second-order valence-electron chi connectivity index (χ2n) is 4.90. The molecule has 3 heteroatoms. The predicted molar refractivity (Wildman–Crippen MR) is 79.6 cm³/mol. The number of rotatable bonds is 9. The van der Waals surface area contributed by atoms with Crippen molar-refractivity contribution in [1.29, 1.82) is 0 Å². The number of aliphatic hydroxyl groups excluding tert-OH is 1. The van der Waals surface area contributed by atoms with E-state index < -0.39 is 6.10 Å². The molecule has 3 nitrogen and oxygen atoms in total. The van der Waals surface area contributed by atoms with E-state index in [4.69, 9.17) is 4.74 Å². The van der Waals surface area contributed by atoms with E-state index in [-0.39, 0.29) is 6.04 Å². The van der Waals surface area contributed by atoms with Gasteiger partial charge in [-0.25, -0.2) is 0 Å². The summed E-state index contributed by atoms with van der Waals surface area (Å²) in [5.74, 6) is 0.789. The van der Waals surface area contributed by atoms with Crippen LogP contribution in [-0.2, 0) is 0 Å². The Labute approximate surface area is 117 Å². The lowest BCUT2D eigenvalue weighted by molar-refractivity contribution is 0.125. The first-order valence-electron chi connectivity index (χ1n) is 7.28. The normalized spacial score (nSPS) is 14.1. The molecule has 0 saturated heterocycles. The lowest BCUT2D eigenvalue weighted by Gasteiger charge is -2.23. The smallest absolute Gasteiger partial charge is 0.119 e. The minimum absolute atomic E-state index is 0.101. The van der Waals surface area contributed by atoms with E-state index in [2.05, 4.69) is 19.2 Å². The molecule has 0 aliphatic carbocycles. The number of methoxy groups -OCH3 is 1. The Hall–Kier alpha value is -1.06. The number of benzene rings is 1. The van der Waals surface area contributed by atoms with Crippen LogP contribution >= 0.6 is 0 Å². The maximum Gasteiger partial charge on any atom is 0.119 e. The minimum Gasteiger partial charge on any atom is -0.497 e. The summed E-state index contributed by atoms with van der Waals surface area (Å²) in [4.78, 5) is 0. The lowest BCUT2D eigenvalue weighted by atomic mass is 10.00. The second kappa shape index (κ2) is 8.94. The van der Waals surface area contributed by atoms with Gasteiger partial charge in [-0.2, -0.15) is 0 Å². The first-order valence-corrected chi connectivity index (χ1v) is 7.28. The van der Waals surface area contributed by atoms with E-state index in [9.17, 15) is 5.11 Å². The van der Waals surface area contributed by atoms with Crippen LogP contribution in [0.1, 0.15) is 51.2 Å². The zero-order valence-corrected chi connectivity index (χ0v) is 12.4. The molecule has 108 valence electrons. The molecule has 0 aromatic heterocycles. The molecule has 0 heterocycles. The highest BCUT2D eigenvalue weighted by atomic mass is 16.5. The van der Waals surface area contributed by atoms with Gasteiger partial charge in [-0.3, -0.25) is 0 Å². The molecule has 1 aromatic rings. The van der Waals surface area contributed by atoms with E-state index in [0.29, 0.717) is 0 Å². The van der Waals surface area contributed by atoms with Gasteiger partial charge >= 0.3 is 0 Å². The largest absolute Gasteiger partial charge is 0.497 e. The molecule has 0 saturated carbocycles. The second-order valence-corrected chi connectivity index (χ2v) is 4.90. The molecular weight excluding hydrogens is 238 g/mol. The highest BCUT2D eigenvalue weighted by molar-refractivity contribution is 5.30. The van der Waals surface area contributed by atoms with Crippen molar-refractivity contribution in [2.24, 2.45) is 0 Å². The summed E-state index contributed by atoms with van der Waals surface area (Å²) >= 11 is 0. The molecule has 2 atom stereocenters. The average Bonchev–Trinajstić information content (AvgIpc) is 2.47. The van der Waals surface area contributed by atoms with Crippen LogP contribution in [0.3, 0.4) is 0 Å². The summed E-state index contributed by atoms with van der Waals surface area (Å²) in [6.45, 7) is 5.26. The summed E-state index contributed by atoms with van der Waals surface area (Å²) in [5, 5.41) is 13.9. The molecule has 2 N–H and O–H groups in total. The molecule has 19 heavy (non-hydrogen) atoms. The number of nitrogens with one attached hydrogen (secondary N) is 1. The van der Waals surface area contributed by atoms with Crippen LogP contribution in [0, 0.1) is 0 Å². The number of unbranched alkanes of at least 4 members (excludes halogenated alkanes) is 2. The zero-order chi connectivity index (χ0) is 14.1. The maximum absolute atomic E-state index is 10.4. The fraction of sp³-hybridized carbons (Fsp3) is 0.625. The minimum atomic E-state index is -0.485. The van der Waals surface area contributed by atoms with Crippen molar-refractivity contribution in [3.8, 4) is 5.75 Å². The average molecular weight is 265 g/mol. The molecule has 1 aromatic carbocycles. The van der Waals surface area contributed by atoms with E-state index in [1.54, 1.807) is 7.11 Å². The van der Waals surface area contributed by atoms with Crippen LogP contribution in [0.4, 0.5) is 0 Å². The van der Waals surface area contributed by atoms with Gasteiger partial charge in [0.25, 0.3) is 0 Å². The summed E-state index contributed by atoms with van der Waals surface area (Å²) < 4.78 is 5.20. The zero-order valence-electron chi connectivity index (χ0n) is 12.4. The van der Waals surface area contributed by atoms with Crippen molar-refractivity contribution in [2.45, 2.75) is 51.7 Å². The topological polar surface area (TPSA) is 41.5 Å². The van der Waals surface area contributed by atoms with Gasteiger partial charge in [-0.05, 0) is 37.1 Å². The van der Waals surface area contributed by atoms with Crippen LogP contribution in [-0.4, -0.2) is 24.8 Å². The maximum atomic E-state index is 10.4. The SMILES string of the molecule is CCCCCNC(CC)C(O)c1cccc(OC)c1. The van der Waals surface area contributed by atoms with E-state index in [0.717, 1.165) is 30.7 Å². The van der Waals surface area contributed by atoms with E-state index >= 15 is 0 Å². The highest BCUT2D eigenvalue weighted by Gasteiger charge is 2.18. The number of hydrogen-bond acceptors (Lipinski definition) is 3. The Bertz CT molecular complexity index is 354. The predicted octanol–water partition coefficient (Wildman–Crippen LogP) is 3.29. The van der Waals surface area contributed by atoms with Crippen molar-refractivity contribution in [2.75, 3.05) is 13.7 Å². The number of ether oxygens (including phenoxy) is 1. The Kier molecular flexibility index (Phi) is 7.53. The van der Waals surface area contributed by atoms with Crippen LogP contribution in [0.5, 0.6) is 5.75 Å². The van der Waals surface area contributed by atoms with Crippen molar-refractivity contribution in [1.82, 2.24) is 5.32 Å². The monoisotopic (exact) mass is 265 g/mol. The summed E-state index contributed by atoms with van der Waals surface area (Å²) in [6, 6.07) is 7.77. The summed E-state index contributed by atoms with van der Waals surface area (Å²) in [7, 11) is 1.64. The van der Waals surface area contributed by atoms with Crippen molar-refractivity contribution in [3.05, 3.63) is 29.8 Å². The van der Waals surface area contributed by atoms with Crippen LogP contribution < -0.4 is 10.1 Å². The summed E-state index contributed by atoms with van der Waals surface area (Å²) in [5.41, 5.74) is 0.911. The highest BCUT2D eigenvalue weighted by Crippen LogP contribution is 2.23. The third-order valence-corrected chi connectivity index (χ3v) is 3.44. The molecule has 0 radical (unpaired) electrons. The number of aliphatic hydroxyl groups is 1. The van der Waals surface area contributed by atoms with Gasteiger partial charge in [0.15, 0.2) is 0 Å². The Morgan fingerprint density at radius 2 is 2.05 bits per heavy atom. The molecular formula is C16H27NO2. The fourth-order valence-electron chi connectivity index (χ4n) is 2.20. The van der Waals surface area contributed by atoms with Gasteiger partial charge < -0.3 is 15.2 Å². The van der Waals surface area contributed by atoms with Crippen molar-refractivity contribution in [3.63, 3.8) is 0 Å². The quantitative estimate of drug-likeness (QED) is 0.673. The standard InChI is InChI=1S/C16H27NO2/c1-4-6-7-11-17-15(5-2)16(18)13-9-8-10-14(12-13)19-3/h8-10,12,15-18H,4-7,11H2,1-3H3. The van der Waals surface area contributed by atoms with Gasteiger partial charge in [-0.15, -0.1) is 0 Å². The van der Waals surface area contributed by atoms with Gasteiger partial charge in [0, 0.05) is 6.04 Å². The lowest BCUT2D eigenvalue weighted by Crippen LogP contribution is -2.35. The first-order chi connectivity index (χ1) is 9.22. The molecule has 0 fully saturated rings. The first kappa shape index (κ1) is 16.0. The van der Waals surface area contributed by atoms with Gasteiger partial charge in [0.1, 0.15) is 5.75 Å². The van der Waals surface area contributed by atoms with Gasteiger partial charge in [0.2, 0.25) is 0 Å². The fourth-order valence-corrected chi connectivity index (χ4v) is 2.20. The van der Waals surface area contributed by atoms with Gasteiger partial charge in [0.05, 0.1) is 13.2 Å². The molecule has 1 rings (SSSR count). The third-order valence-electron chi connectivity index (χ3n) is 3.44. The van der Waals surface area contributed by atoms with E-state index in [1.165, 1.54) is 12.8 Å². The van der Waals surface area contributed by atoms with E-state index in [1.807, 2.05) is 24.3 Å². The number of hydrogen-bond donors (Lipinski definition) is 2. The van der Waals surface area contributed by atoms with Crippen LogP contribution in [0.2, 0.25) is 0 Å². The van der Waals surface area contributed by atoms with Crippen molar-refractivity contribution >= 4 is 0 Å².